The molecule has 2 rings (SSSR count). The largest absolute Gasteiger partial charge is 0.399 e. The van der Waals surface area contributed by atoms with Crippen molar-refractivity contribution in [2.75, 3.05) is 11.1 Å². The van der Waals surface area contributed by atoms with Crippen molar-refractivity contribution in [1.29, 1.82) is 0 Å². The van der Waals surface area contributed by atoms with Crippen molar-refractivity contribution in [2.45, 2.75) is 0 Å². The first kappa shape index (κ1) is 14.9. The number of benzene rings is 2. The van der Waals surface area contributed by atoms with Crippen LogP contribution in [0.1, 0.15) is 10.4 Å². The van der Waals surface area contributed by atoms with Crippen LogP contribution in [0.4, 0.5) is 21.5 Å². The van der Waals surface area contributed by atoms with E-state index in [-0.39, 0.29) is 11.3 Å². The van der Waals surface area contributed by atoms with Gasteiger partial charge in [-0.2, -0.15) is 4.39 Å². The number of nitro benzene ring substituents is 1. The fraction of sp³-hybridized carbons (Fsp3) is 0. The number of halogens is 2. The van der Waals surface area contributed by atoms with Gasteiger partial charge in [0.1, 0.15) is 0 Å². The molecule has 0 bridgehead atoms. The molecule has 0 aliphatic rings. The molecule has 0 saturated carbocycles. The number of carbonyl (C=O) groups is 1. The molecule has 6 nitrogen and oxygen atoms in total. The third-order valence-corrected chi connectivity index (χ3v) is 3.33. The smallest absolute Gasteiger partial charge is 0.306 e. The van der Waals surface area contributed by atoms with Gasteiger partial charge in [0.15, 0.2) is 0 Å². The van der Waals surface area contributed by atoms with E-state index in [1.807, 2.05) is 0 Å². The first-order valence-electron chi connectivity index (χ1n) is 5.69. The Kier molecular flexibility index (Phi) is 4.18. The summed E-state index contributed by atoms with van der Waals surface area (Å²) in [4.78, 5) is 21.9. The van der Waals surface area contributed by atoms with Crippen molar-refractivity contribution < 1.29 is 14.1 Å². The molecular weight excluding hydrogens is 345 g/mol. The van der Waals surface area contributed by atoms with Gasteiger partial charge in [0.25, 0.3) is 5.91 Å². The maximum Gasteiger partial charge on any atom is 0.306 e. The van der Waals surface area contributed by atoms with Crippen LogP contribution in [0.15, 0.2) is 40.9 Å². The van der Waals surface area contributed by atoms with Crippen LogP contribution in [-0.2, 0) is 0 Å². The van der Waals surface area contributed by atoms with E-state index in [0.29, 0.717) is 10.2 Å². The topological polar surface area (TPSA) is 98.3 Å². The number of nitrogen functional groups attached to an aromatic ring is 1. The zero-order valence-corrected chi connectivity index (χ0v) is 12.1. The minimum atomic E-state index is -0.969. The van der Waals surface area contributed by atoms with Crippen molar-refractivity contribution in [2.24, 2.45) is 0 Å². The summed E-state index contributed by atoms with van der Waals surface area (Å²) in [5.41, 5.74) is 5.67. The Morgan fingerprint density at radius 2 is 2.00 bits per heavy atom. The molecule has 0 aliphatic heterocycles. The molecule has 0 unspecified atom stereocenters. The molecule has 0 atom stereocenters. The van der Waals surface area contributed by atoms with Gasteiger partial charge in [-0.15, -0.1) is 0 Å². The third kappa shape index (κ3) is 3.34. The van der Waals surface area contributed by atoms with Crippen LogP contribution in [0.3, 0.4) is 0 Å². The molecule has 2 aromatic carbocycles. The summed E-state index contributed by atoms with van der Waals surface area (Å²) < 4.78 is 13.7. The highest BCUT2D eigenvalue weighted by atomic mass is 79.9. The molecule has 3 N–H and O–H groups in total. The predicted molar refractivity (Wildman–Crippen MR) is 79.6 cm³/mol. The van der Waals surface area contributed by atoms with E-state index in [1.54, 1.807) is 12.1 Å². The predicted octanol–water partition coefficient (Wildman–Crippen LogP) is 3.33. The molecule has 0 saturated heterocycles. The number of nitrogens with one attached hydrogen (secondary N) is 1. The first-order valence-corrected chi connectivity index (χ1v) is 6.48. The summed E-state index contributed by atoms with van der Waals surface area (Å²) in [6.45, 7) is 0. The second-order valence-electron chi connectivity index (χ2n) is 4.12. The summed E-state index contributed by atoms with van der Waals surface area (Å²) in [7, 11) is 0. The number of rotatable bonds is 3. The van der Waals surface area contributed by atoms with Gasteiger partial charge < -0.3 is 11.1 Å². The summed E-state index contributed by atoms with van der Waals surface area (Å²) in [5, 5.41) is 13.1. The van der Waals surface area contributed by atoms with Crippen LogP contribution in [0.5, 0.6) is 0 Å². The highest BCUT2D eigenvalue weighted by Crippen LogP contribution is 2.24. The zero-order chi connectivity index (χ0) is 15.6. The molecule has 0 fully saturated rings. The van der Waals surface area contributed by atoms with Crippen LogP contribution in [0.25, 0.3) is 0 Å². The van der Waals surface area contributed by atoms with Gasteiger partial charge >= 0.3 is 5.69 Å². The van der Waals surface area contributed by atoms with Gasteiger partial charge in [-0.1, -0.05) is 0 Å². The van der Waals surface area contributed by atoms with Crippen LogP contribution >= 0.6 is 15.9 Å². The number of carbonyl (C=O) groups excluding carboxylic acids is 1. The van der Waals surface area contributed by atoms with Crippen molar-refractivity contribution in [1.82, 2.24) is 0 Å². The van der Waals surface area contributed by atoms with Gasteiger partial charge in [0.05, 0.1) is 10.5 Å². The maximum absolute atomic E-state index is 13.2. The minimum absolute atomic E-state index is 0.113. The molecule has 0 spiro atoms. The van der Waals surface area contributed by atoms with Crippen molar-refractivity contribution in [3.05, 3.63) is 62.4 Å². The fourth-order valence-corrected chi connectivity index (χ4v) is 2.07. The number of amides is 1. The fourth-order valence-electron chi connectivity index (χ4n) is 1.65. The molecule has 1 amide bonds. The molecule has 0 aromatic heterocycles. The number of nitrogens with two attached hydrogens (primary N) is 1. The van der Waals surface area contributed by atoms with Gasteiger partial charge in [-0.25, -0.2) is 0 Å². The van der Waals surface area contributed by atoms with E-state index in [1.165, 1.54) is 12.1 Å². The average Bonchev–Trinajstić information content (AvgIpc) is 2.43. The summed E-state index contributed by atoms with van der Waals surface area (Å²) in [6.07, 6.45) is 0. The maximum atomic E-state index is 13.2. The molecule has 108 valence electrons. The number of nitro groups is 1. The van der Waals surface area contributed by atoms with Crippen LogP contribution < -0.4 is 11.1 Å². The van der Waals surface area contributed by atoms with Gasteiger partial charge in [-0.05, 0) is 46.3 Å². The lowest BCUT2D eigenvalue weighted by Crippen LogP contribution is -2.13. The number of anilines is 2. The molecular formula is C13H9BrFN3O3. The molecule has 0 radical (unpaired) electrons. The second kappa shape index (κ2) is 5.88. The van der Waals surface area contributed by atoms with Crippen molar-refractivity contribution in [3.8, 4) is 0 Å². The van der Waals surface area contributed by atoms with E-state index in [2.05, 4.69) is 21.2 Å². The van der Waals surface area contributed by atoms with Crippen molar-refractivity contribution in [3.63, 3.8) is 0 Å². The quantitative estimate of drug-likeness (QED) is 0.502. The zero-order valence-electron chi connectivity index (χ0n) is 10.5. The number of nitrogens with zero attached hydrogens (tertiary/aromatic N) is 1. The Morgan fingerprint density at radius 1 is 1.29 bits per heavy atom. The highest BCUT2D eigenvalue weighted by molar-refractivity contribution is 9.10. The molecule has 2 aromatic rings. The van der Waals surface area contributed by atoms with Crippen LogP contribution in [-0.4, -0.2) is 10.8 Å². The third-order valence-electron chi connectivity index (χ3n) is 2.64. The normalized spacial score (nSPS) is 10.2. The Morgan fingerprint density at radius 3 is 2.67 bits per heavy atom. The lowest BCUT2D eigenvalue weighted by Gasteiger charge is -2.08. The SMILES string of the molecule is Nc1ccc(Br)c(C(=O)Nc2ccc(F)c([N+](=O)[O-])c2)c1. The summed E-state index contributed by atoms with van der Waals surface area (Å²) in [6, 6.07) is 7.79. The Labute approximate surface area is 127 Å². The molecule has 8 heteroatoms. The Balaban J connectivity index is 2.29. The summed E-state index contributed by atoms with van der Waals surface area (Å²) in [5.74, 6) is -1.49. The monoisotopic (exact) mass is 353 g/mol. The lowest BCUT2D eigenvalue weighted by atomic mass is 10.2. The van der Waals surface area contributed by atoms with Gasteiger partial charge in [0.2, 0.25) is 5.82 Å². The van der Waals surface area contributed by atoms with Crippen molar-refractivity contribution >= 4 is 38.9 Å². The van der Waals surface area contributed by atoms with E-state index in [4.69, 9.17) is 5.73 Å². The van der Waals surface area contributed by atoms with Crippen LogP contribution in [0, 0.1) is 15.9 Å². The number of hydrogen-bond acceptors (Lipinski definition) is 4. The molecule has 0 heterocycles. The average molecular weight is 354 g/mol. The van der Waals surface area contributed by atoms with Gasteiger partial charge in [0, 0.05) is 21.9 Å². The van der Waals surface area contributed by atoms with E-state index >= 15 is 0 Å². The highest BCUT2D eigenvalue weighted by Gasteiger charge is 2.16. The minimum Gasteiger partial charge on any atom is -0.399 e. The van der Waals surface area contributed by atoms with Gasteiger partial charge in [-0.3, -0.25) is 14.9 Å². The van der Waals surface area contributed by atoms with E-state index in [0.717, 1.165) is 12.1 Å². The first-order chi connectivity index (χ1) is 9.88. The Bertz CT molecular complexity index is 737. The summed E-state index contributed by atoms with van der Waals surface area (Å²) >= 11 is 3.21. The second-order valence-corrected chi connectivity index (χ2v) is 4.97. The molecule has 21 heavy (non-hydrogen) atoms. The number of hydrogen-bond donors (Lipinski definition) is 2. The standard InChI is InChI=1S/C13H9BrFN3O3/c14-10-3-1-7(16)5-9(10)13(19)17-8-2-4-11(15)12(6-8)18(20)21/h1-6H,16H2,(H,17,19). The Hall–Kier alpha value is -2.48. The molecule has 0 aliphatic carbocycles. The van der Waals surface area contributed by atoms with Crippen LogP contribution in [0.2, 0.25) is 0 Å². The van der Waals surface area contributed by atoms with E-state index < -0.39 is 22.3 Å². The lowest BCUT2D eigenvalue weighted by molar-refractivity contribution is -0.387. The van der Waals surface area contributed by atoms with E-state index in [9.17, 15) is 19.3 Å².